The first-order valence-electron chi connectivity index (χ1n) is 7.44. The number of methoxy groups -OCH3 is 1. The number of para-hydroxylation sites is 1. The Morgan fingerprint density at radius 1 is 1.17 bits per heavy atom. The Morgan fingerprint density at radius 3 is 2.52 bits per heavy atom. The van der Waals surface area contributed by atoms with Crippen LogP contribution in [0.3, 0.4) is 0 Å². The predicted molar refractivity (Wildman–Crippen MR) is 93.3 cm³/mol. The van der Waals surface area contributed by atoms with Crippen LogP contribution >= 0.6 is 0 Å². The predicted octanol–water partition coefficient (Wildman–Crippen LogP) is 2.47. The minimum Gasteiger partial charge on any atom is -0.384 e. The van der Waals surface area contributed by atoms with Crippen LogP contribution in [0.5, 0.6) is 0 Å². The summed E-state index contributed by atoms with van der Waals surface area (Å²) < 4.78 is 5.16. The van der Waals surface area contributed by atoms with E-state index in [2.05, 4.69) is 10.3 Å². The van der Waals surface area contributed by atoms with Gasteiger partial charge in [0, 0.05) is 18.4 Å². The molecular formula is C18H23N3O2. The number of anilines is 1. The molecule has 0 fully saturated rings. The highest BCUT2D eigenvalue weighted by atomic mass is 16.5. The lowest BCUT2D eigenvalue weighted by Crippen LogP contribution is -2.29. The van der Waals surface area contributed by atoms with Crippen molar-refractivity contribution in [1.29, 1.82) is 0 Å². The van der Waals surface area contributed by atoms with Gasteiger partial charge in [0.15, 0.2) is 5.96 Å². The number of hydrogen-bond acceptors (Lipinski definition) is 3. The Hall–Kier alpha value is -2.37. The fraction of sp³-hybridized carbons (Fsp3) is 0.278. The number of benzene rings is 2. The number of guanidine groups is 1. The van der Waals surface area contributed by atoms with E-state index in [1.807, 2.05) is 54.6 Å². The molecule has 0 heterocycles. The third kappa shape index (κ3) is 4.81. The molecule has 4 N–H and O–H groups in total. The third-order valence-corrected chi connectivity index (χ3v) is 3.53. The molecule has 5 nitrogen and oxygen atoms in total. The first-order valence-corrected chi connectivity index (χ1v) is 7.44. The second-order valence-electron chi connectivity index (χ2n) is 5.56. The van der Waals surface area contributed by atoms with Gasteiger partial charge in [0.25, 0.3) is 0 Å². The van der Waals surface area contributed by atoms with Crippen molar-refractivity contribution in [1.82, 2.24) is 0 Å². The highest BCUT2D eigenvalue weighted by molar-refractivity contribution is 5.93. The molecule has 23 heavy (non-hydrogen) atoms. The number of nitrogens with one attached hydrogen (secondary N) is 1. The third-order valence-electron chi connectivity index (χ3n) is 3.53. The van der Waals surface area contributed by atoms with Crippen molar-refractivity contribution in [2.45, 2.75) is 19.1 Å². The Morgan fingerprint density at radius 2 is 1.83 bits per heavy atom. The summed E-state index contributed by atoms with van der Waals surface area (Å²) in [5.74, 6) is 0.254. The lowest BCUT2D eigenvalue weighted by Gasteiger charge is -2.22. The lowest BCUT2D eigenvalue weighted by atomic mass is 9.96. The van der Waals surface area contributed by atoms with E-state index >= 15 is 0 Å². The molecule has 0 amide bonds. The second kappa shape index (κ2) is 7.76. The first kappa shape index (κ1) is 17.0. The topological polar surface area (TPSA) is 79.9 Å². The van der Waals surface area contributed by atoms with Crippen molar-refractivity contribution in [3.8, 4) is 0 Å². The van der Waals surface area contributed by atoms with Gasteiger partial charge >= 0.3 is 0 Å². The number of aliphatic imine (C=N–C) groups is 1. The van der Waals surface area contributed by atoms with Gasteiger partial charge in [-0.3, -0.25) is 0 Å². The number of aliphatic hydroxyl groups is 1. The number of nitrogens with zero attached hydrogens (tertiary/aromatic N) is 1. The molecule has 2 rings (SSSR count). The van der Waals surface area contributed by atoms with Crippen LogP contribution in [0.1, 0.15) is 18.1 Å². The van der Waals surface area contributed by atoms with Crippen LogP contribution in [0.25, 0.3) is 0 Å². The average Bonchev–Trinajstić information content (AvgIpc) is 2.56. The molecule has 5 heteroatoms. The molecule has 0 aliphatic carbocycles. The van der Waals surface area contributed by atoms with Gasteiger partial charge in [-0.15, -0.1) is 0 Å². The molecule has 0 radical (unpaired) electrons. The van der Waals surface area contributed by atoms with Gasteiger partial charge in [-0.05, 0) is 18.6 Å². The number of nitrogens with two attached hydrogens (primary N) is 1. The van der Waals surface area contributed by atoms with Crippen molar-refractivity contribution < 1.29 is 9.84 Å². The van der Waals surface area contributed by atoms with Crippen molar-refractivity contribution in [3.63, 3.8) is 0 Å². The fourth-order valence-corrected chi connectivity index (χ4v) is 2.23. The van der Waals surface area contributed by atoms with Gasteiger partial charge in [-0.1, -0.05) is 48.5 Å². The number of hydrogen-bond donors (Lipinski definition) is 3. The summed E-state index contributed by atoms with van der Waals surface area (Å²) >= 11 is 0. The first-order chi connectivity index (χ1) is 11.0. The molecular weight excluding hydrogens is 290 g/mol. The van der Waals surface area contributed by atoms with Crippen molar-refractivity contribution >= 4 is 11.6 Å². The highest BCUT2D eigenvalue weighted by Crippen LogP contribution is 2.20. The van der Waals surface area contributed by atoms with Crippen LogP contribution in [0.15, 0.2) is 59.6 Å². The van der Waals surface area contributed by atoms with E-state index in [9.17, 15) is 5.11 Å². The van der Waals surface area contributed by atoms with Crippen LogP contribution < -0.4 is 11.1 Å². The molecule has 0 aliphatic rings. The summed E-state index contributed by atoms with van der Waals surface area (Å²) in [5, 5.41) is 13.6. The molecule has 0 bridgehead atoms. The van der Waals surface area contributed by atoms with E-state index in [0.29, 0.717) is 6.61 Å². The number of rotatable bonds is 6. The van der Waals surface area contributed by atoms with Crippen molar-refractivity contribution in [3.05, 3.63) is 65.7 Å². The van der Waals surface area contributed by atoms with Crippen LogP contribution in [0, 0.1) is 0 Å². The zero-order valence-electron chi connectivity index (χ0n) is 13.5. The SMILES string of the molecule is COCc1ccccc1NC(N)=NCC(C)(O)c1ccccc1. The van der Waals surface area contributed by atoms with Crippen LogP contribution in [0.2, 0.25) is 0 Å². The monoisotopic (exact) mass is 313 g/mol. The fourth-order valence-electron chi connectivity index (χ4n) is 2.23. The summed E-state index contributed by atoms with van der Waals surface area (Å²) in [5.41, 5.74) is 7.51. The van der Waals surface area contributed by atoms with Crippen molar-refractivity contribution in [2.24, 2.45) is 10.7 Å². The minimum absolute atomic E-state index is 0.169. The maximum absolute atomic E-state index is 10.5. The normalized spacial score (nSPS) is 14.3. The molecule has 1 unspecified atom stereocenters. The van der Waals surface area contributed by atoms with E-state index < -0.39 is 5.60 Å². The summed E-state index contributed by atoms with van der Waals surface area (Å²) in [6, 6.07) is 17.1. The summed E-state index contributed by atoms with van der Waals surface area (Å²) in [6.07, 6.45) is 0. The van der Waals surface area contributed by atoms with E-state index in [-0.39, 0.29) is 12.5 Å². The van der Waals surface area contributed by atoms with Gasteiger partial charge < -0.3 is 20.9 Å². The summed E-state index contributed by atoms with van der Waals surface area (Å²) in [6.45, 7) is 2.37. The van der Waals surface area contributed by atoms with Gasteiger partial charge in [0.1, 0.15) is 5.60 Å². The largest absolute Gasteiger partial charge is 0.384 e. The summed E-state index contributed by atoms with van der Waals surface area (Å²) in [7, 11) is 1.64. The van der Waals surface area contributed by atoms with E-state index in [1.165, 1.54) is 0 Å². The van der Waals surface area contributed by atoms with E-state index in [1.54, 1.807) is 14.0 Å². The van der Waals surface area contributed by atoms with Crippen molar-refractivity contribution in [2.75, 3.05) is 19.0 Å². The Bertz CT molecular complexity index is 654. The molecule has 0 aromatic heterocycles. The molecule has 122 valence electrons. The van der Waals surface area contributed by atoms with Gasteiger partial charge in [0.2, 0.25) is 0 Å². The van der Waals surface area contributed by atoms with Gasteiger partial charge in [-0.2, -0.15) is 0 Å². The van der Waals surface area contributed by atoms with Gasteiger partial charge in [0.05, 0.1) is 13.2 Å². The molecule has 0 aliphatic heterocycles. The maximum Gasteiger partial charge on any atom is 0.193 e. The second-order valence-corrected chi connectivity index (χ2v) is 5.56. The Balaban J connectivity index is 2.06. The maximum atomic E-state index is 10.5. The standard InChI is InChI=1S/C18H23N3O2/c1-18(22,15-9-4-3-5-10-15)13-20-17(19)21-16-11-7-6-8-14(16)12-23-2/h3-11,22H,12-13H2,1-2H3,(H3,19,20,21). The zero-order chi connectivity index (χ0) is 16.7. The molecule has 0 saturated heterocycles. The lowest BCUT2D eigenvalue weighted by molar-refractivity contribution is 0.0674. The molecule has 2 aromatic carbocycles. The van der Waals surface area contributed by atoms with Crippen LogP contribution in [-0.2, 0) is 16.9 Å². The van der Waals surface area contributed by atoms with E-state index in [4.69, 9.17) is 10.5 Å². The number of ether oxygens (including phenoxy) is 1. The van der Waals surface area contributed by atoms with E-state index in [0.717, 1.165) is 16.8 Å². The molecule has 2 aromatic rings. The van der Waals surface area contributed by atoms with Crippen LogP contribution in [-0.4, -0.2) is 24.7 Å². The molecule has 0 saturated carbocycles. The Kier molecular flexibility index (Phi) is 5.73. The summed E-state index contributed by atoms with van der Waals surface area (Å²) in [4.78, 5) is 4.26. The quantitative estimate of drug-likeness (QED) is 0.565. The minimum atomic E-state index is -1.07. The van der Waals surface area contributed by atoms with Crippen LogP contribution in [0.4, 0.5) is 5.69 Å². The zero-order valence-corrected chi connectivity index (χ0v) is 13.5. The van der Waals surface area contributed by atoms with Gasteiger partial charge in [-0.25, -0.2) is 4.99 Å². The average molecular weight is 313 g/mol. The molecule has 1 atom stereocenters. The highest BCUT2D eigenvalue weighted by Gasteiger charge is 2.22. The molecule has 0 spiro atoms. The Labute approximate surface area is 136 Å². The smallest absolute Gasteiger partial charge is 0.193 e.